The Labute approximate surface area is 115 Å². The third-order valence-corrected chi connectivity index (χ3v) is 4.41. The Morgan fingerprint density at radius 2 is 2.11 bits per heavy atom. The molecular weight excluding hydrogens is 236 g/mol. The third kappa shape index (κ3) is 2.27. The van der Waals surface area contributed by atoms with Crippen molar-refractivity contribution in [2.24, 2.45) is 5.92 Å². The zero-order chi connectivity index (χ0) is 13.4. The van der Waals surface area contributed by atoms with Crippen LogP contribution in [-0.2, 0) is 13.1 Å². The van der Waals surface area contributed by atoms with Gasteiger partial charge in [0.2, 0.25) is 0 Å². The van der Waals surface area contributed by atoms with E-state index in [1.54, 1.807) is 0 Å². The normalized spacial score (nSPS) is 22.1. The molecule has 2 heterocycles. The van der Waals surface area contributed by atoms with E-state index in [4.69, 9.17) is 0 Å². The Morgan fingerprint density at radius 1 is 1.32 bits per heavy atom. The summed E-state index contributed by atoms with van der Waals surface area (Å²) in [6.45, 7) is 7.16. The number of carbonyl (C=O) groups excluding carboxylic acids is 1. The van der Waals surface area contributed by atoms with Gasteiger partial charge in [-0.2, -0.15) is 0 Å². The summed E-state index contributed by atoms with van der Waals surface area (Å²) < 4.78 is 0. The van der Waals surface area contributed by atoms with Gasteiger partial charge in [0.15, 0.2) is 0 Å². The summed E-state index contributed by atoms with van der Waals surface area (Å²) in [5.74, 6) is 0.758. The molecule has 102 valence electrons. The van der Waals surface area contributed by atoms with Crippen molar-refractivity contribution in [2.45, 2.75) is 45.8 Å². The summed E-state index contributed by atoms with van der Waals surface area (Å²) in [5, 5.41) is 3.33. The first-order valence-electron chi connectivity index (χ1n) is 7.30. The van der Waals surface area contributed by atoms with Crippen molar-refractivity contribution in [1.29, 1.82) is 0 Å². The topological polar surface area (TPSA) is 32.3 Å². The predicted molar refractivity (Wildman–Crippen MR) is 75.9 cm³/mol. The van der Waals surface area contributed by atoms with Crippen molar-refractivity contribution in [2.75, 3.05) is 6.54 Å². The van der Waals surface area contributed by atoms with Crippen LogP contribution in [0.2, 0.25) is 0 Å². The molecule has 1 aromatic carbocycles. The lowest BCUT2D eigenvalue weighted by Gasteiger charge is -2.28. The van der Waals surface area contributed by atoms with Crippen molar-refractivity contribution in [3.05, 3.63) is 34.9 Å². The molecule has 1 atom stereocenters. The number of nitrogens with one attached hydrogen (secondary N) is 1. The monoisotopic (exact) mass is 258 g/mol. The number of carbonyl (C=O) groups is 1. The lowest BCUT2D eigenvalue weighted by molar-refractivity contribution is 0.0701. The fraction of sp³-hybridized carbons (Fsp3) is 0.562. The zero-order valence-electron chi connectivity index (χ0n) is 11.8. The Morgan fingerprint density at radius 3 is 2.89 bits per heavy atom. The minimum absolute atomic E-state index is 0.214. The van der Waals surface area contributed by atoms with Crippen LogP contribution in [0.5, 0.6) is 0 Å². The van der Waals surface area contributed by atoms with Crippen LogP contribution in [0.15, 0.2) is 18.2 Å². The fourth-order valence-electron chi connectivity index (χ4n) is 3.33. The number of amides is 1. The van der Waals surface area contributed by atoms with Crippen molar-refractivity contribution < 1.29 is 4.79 Å². The summed E-state index contributed by atoms with van der Waals surface area (Å²) in [6, 6.07) is 6.58. The van der Waals surface area contributed by atoms with Gasteiger partial charge >= 0.3 is 0 Å². The summed E-state index contributed by atoms with van der Waals surface area (Å²) in [5.41, 5.74) is 3.47. The Hall–Kier alpha value is -1.35. The number of rotatable bonds is 2. The molecule has 0 saturated carbocycles. The SMILES string of the molecule is CC(C)C1CCCN1C(=O)c1ccc2c(c1)CNC2. The molecule has 3 nitrogen and oxygen atoms in total. The van der Waals surface area contributed by atoms with E-state index in [1.807, 2.05) is 6.07 Å². The molecule has 0 aromatic heterocycles. The standard InChI is InChI=1S/C16H22N2O/c1-11(2)15-4-3-7-18(15)16(19)12-5-6-13-9-17-10-14(13)8-12/h5-6,8,11,15,17H,3-4,7,9-10H2,1-2H3. The van der Waals surface area contributed by atoms with Crippen LogP contribution in [0.4, 0.5) is 0 Å². The molecule has 0 radical (unpaired) electrons. The average molecular weight is 258 g/mol. The maximum absolute atomic E-state index is 12.7. The predicted octanol–water partition coefficient (Wildman–Crippen LogP) is 2.55. The summed E-state index contributed by atoms with van der Waals surface area (Å²) in [7, 11) is 0. The number of hydrogen-bond donors (Lipinski definition) is 1. The number of likely N-dealkylation sites (tertiary alicyclic amines) is 1. The van der Waals surface area contributed by atoms with Gasteiger partial charge in [-0.15, -0.1) is 0 Å². The highest BCUT2D eigenvalue weighted by molar-refractivity contribution is 5.95. The molecule has 2 aliphatic heterocycles. The molecule has 3 rings (SSSR count). The first-order chi connectivity index (χ1) is 9.16. The molecule has 1 unspecified atom stereocenters. The molecular formula is C16H22N2O. The van der Waals surface area contributed by atoms with Crippen LogP contribution < -0.4 is 5.32 Å². The molecule has 19 heavy (non-hydrogen) atoms. The highest BCUT2D eigenvalue weighted by Gasteiger charge is 2.31. The molecule has 0 aliphatic carbocycles. The first kappa shape index (κ1) is 12.7. The highest BCUT2D eigenvalue weighted by atomic mass is 16.2. The Bertz CT molecular complexity index is 496. The zero-order valence-corrected chi connectivity index (χ0v) is 11.8. The largest absolute Gasteiger partial charge is 0.335 e. The molecule has 1 N–H and O–H groups in total. The average Bonchev–Trinajstić information content (AvgIpc) is 3.05. The smallest absolute Gasteiger partial charge is 0.254 e. The van der Waals surface area contributed by atoms with Crippen LogP contribution >= 0.6 is 0 Å². The van der Waals surface area contributed by atoms with E-state index in [1.165, 1.54) is 11.1 Å². The quantitative estimate of drug-likeness (QED) is 0.884. The lowest BCUT2D eigenvalue weighted by atomic mass is 10.0. The minimum atomic E-state index is 0.214. The number of nitrogens with zero attached hydrogens (tertiary/aromatic N) is 1. The second-order valence-electron chi connectivity index (χ2n) is 6.04. The van der Waals surface area contributed by atoms with Gasteiger partial charge in [-0.1, -0.05) is 19.9 Å². The second-order valence-corrected chi connectivity index (χ2v) is 6.04. The van der Waals surface area contributed by atoms with E-state index in [-0.39, 0.29) is 5.91 Å². The van der Waals surface area contributed by atoms with E-state index in [0.717, 1.165) is 38.0 Å². The summed E-state index contributed by atoms with van der Waals surface area (Å²) >= 11 is 0. The van der Waals surface area contributed by atoms with Gasteiger partial charge in [-0.25, -0.2) is 0 Å². The van der Waals surface area contributed by atoms with E-state index in [0.29, 0.717) is 12.0 Å². The number of benzene rings is 1. The number of hydrogen-bond acceptors (Lipinski definition) is 2. The molecule has 0 spiro atoms. The van der Waals surface area contributed by atoms with E-state index in [9.17, 15) is 4.79 Å². The first-order valence-corrected chi connectivity index (χ1v) is 7.30. The molecule has 1 aromatic rings. The van der Waals surface area contributed by atoms with Gasteiger partial charge < -0.3 is 10.2 Å². The van der Waals surface area contributed by atoms with Crippen molar-refractivity contribution >= 4 is 5.91 Å². The molecule has 1 saturated heterocycles. The van der Waals surface area contributed by atoms with E-state index >= 15 is 0 Å². The lowest BCUT2D eigenvalue weighted by Crippen LogP contribution is -2.38. The van der Waals surface area contributed by atoms with Gasteiger partial charge in [-0.05, 0) is 42.0 Å². The number of fused-ring (bicyclic) bond motifs is 1. The molecule has 1 amide bonds. The Kier molecular flexibility index (Phi) is 3.31. The molecule has 3 heteroatoms. The van der Waals surface area contributed by atoms with Gasteiger partial charge in [-0.3, -0.25) is 4.79 Å². The van der Waals surface area contributed by atoms with E-state index < -0.39 is 0 Å². The van der Waals surface area contributed by atoms with Crippen molar-refractivity contribution in [3.63, 3.8) is 0 Å². The van der Waals surface area contributed by atoms with Gasteiger partial charge in [0.1, 0.15) is 0 Å². The molecule has 1 fully saturated rings. The van der Waals surface area contributed by atoms with Crippen LogP contribution in [0.25, 0.3) is 0 Å². The maximum Gasteiger partial charge on any atom is 0.254 e. The van der Waals surface area contributed by atoms with Crippen molar-refractivity contribution in [1.82, 2.24) is 10.2 Å². The third-order valence-electron chi connectivity index (χ3n) is 4.41. The molecule has 2 aliphatic rings. The minimum Gasteiger partial charge on any atom is -0.335 e. The van der Waals surface area contributed by atoms with E-state index in [2.05, 4.69) is 36.2 Å². The van der Waals surface area contributed by atoms with Crippen molar-refractivity contribution in [3.8, 4) is 0 Å². The van der Waals surface area contributed by atoms with Crippen LogP contribution in [0, 0.1) is 5.92 Å². The molecule has 0 bridgehead atoms. The van der Waals surface area contributed by atoms with Crippen LogP contribution in [0.3, 0.4) is 0 Å². The summed E-state index contributed by atoms with van der Waals surface area (Å²) in [6.07, 6.45) is 2.29. The summed E-state index contributed by atoms with van der Waals surface area (Å²) in [4.78, 5) is 14.7. The van der Waals surface area contributed by atoms with Crippen LogP contribution in [-0.4, -0.2) is 23.4 Å². The highest BCUT2D eigenvalue weighted by Crippen LogP contribution is 2.26. The fourth-order valence-corrected chi connectivity index (χ4v) is 3.33. The van der Waals surface area contributed by atoms with Crippen LogP contribution in [0.1, 0.15) is 48.2 Å². The van der Waals surface area contributed by atoms with Gasteiger partial charge in [0, 0.05) is 31.2 Å². The Balaban J connectivity index is 1.84. The maximum atomic E-state index is 12.7. The second kappa shape index (κ2) is 4.97. The van der Waals surface area contributed by atoms with Gasteiger partial charge in [0.25, 0.3) is 5.91 Å². The van der Waals surface area contributed by atoms with Gasteiger partial charge in [0.05, 0.1) is 0 Å².